The number of pyridine rings is 2. The molecule has 150 valence electrons. The van der Waals surface area contributed by atoms with Crippen LogP contribution >= 0.6 is 0 Å². The lowest BCUT2D eigenvalue weighted by Gasteiger charge is -2.33. The number of nitrogen functional groups attached to an aromatic ring is 1. The summed E-state index contributed by atoms with van der Waals surface area (Å²) in [5, 5.41) is 0. The molecular formula is C19H25N5O3S. The third-order valence-electron chi connectivity index (χ3n) is 4.90. The number of aromatic nitrogens is 2. The van der Waals surface area contributed by atoms with Crippen LogP contribution in [-0.4, -0.2) is 36.4 Å². The lowest BCUT2D eigenvalue weighted by atomic mass is 9.97. The minimum absolute atomic E-state index is 0.167. The highest BCUT2D eigenvalue weighted by atomic mass is 32.2. The second-order valence-corrected chi connectivity index (χ2v) is 9.53. The Balaban J connectivity index is 1.98. The molecule has 3 rings (SSSR count). The van der Waals surface area contributed by atoms with Crippen molar-refractivity contribution in [1.29, 1.82) is 0 Å². The van der Waals surface area contributed by atoms with Gasteiger partial charge in [-0.1, -0.05) is 6.92 Å². The fraction of sp³-hybridized carbons (Fsp3) is 0.421. The van der Waals surface area contributed by atoms with Gasteiger partial charge in [0.2, 0.25) is 0 Å². The fourth-order valence-electron chi connectivity index (χ4n) is 3.75. The van der Waals surface area contributed by atoms with Gasteiger partial charge in [-0.05, 0) is 57.4 Å². The minimum Gasteiger partial charge on any atom is -0.383 e. The van der Waals surface area contributed by atoms with E-state index in [0.717, 1.165) is 18.7 Å². The summed E-state index contributed by atoms with van der Waals surface area (Å²) in [7, 11) is -4.16. The van der Waals surface area contributed by atoms with Gasteiger partial charge in [-0.25, -0.2) is 23.1 Å². The number of carbonyl (C=O) groups is 1. The van der Waals surface area contributed by atoms with Gasteiger partial charge in [0.15, 0.2) is 0 Å². The van der Waals surface area contributed by atoms with Crippen LogP contribution in [0, 0.1) is 12.8 Å². The topological polar surface area (TPSA) is 118 Å². The largest absolute Gasteiger partial charge is 0.383 e. The van der Waals surface area contributed by atoms with Crippen LogP contribution in [0.25, 0.3) is 0 Å². The summed E-state index contributed by atoms with van der Waals surface area (Å²) in [6, 6.07) is 6.05. The average Bonchev–Trinajstić information content (AvgIpc) is 2.86. The summed E-state index contributed by atoms with van der Waals surface area (Å²) < 4.78 is 27.4. The Bertz CT molecular complexity index is 1020. The zero-order valence-electron chi connectivity index (χ0n) is 16.4. The van der Waals surface area contributed by atoms with Crippen molar-refractivity contribution in [3.05, 3.63) is 41.7 Å². The lowest BCUT2D eigenvalue weighted by molar-refractivity contribution is 0.0981. The molecule has 0 saturated carbocycles. The summed E-state index contributed by atoms with van der Waals surface area (Å²) in [5.74, 6) is 0.00835. The van der Waals surface area contributed by atoms with Crippen LogP contribution in [0.1, 0.15) is 43.2 Å². The molecule has 1 aliphatic heterocycles. The first-order chi connectivity index (χ1) is 13.0. The fourth-order valence-corrected chi connectivity index (χ4v) is 4.80. The molecule has 0 aliphatic carbocycles. The van der Waals surface area contributed by atoms with E-state index in [1.807, 2.05) is 6.92 Å². The average molecular weight is 404 g/mol. The molecule has 3 N–H and O–H groups in total. The van der Waals surface area contributed by atoms with Gasteiger partial charge >= 0.3 is 0 Å². The maximum absolute atomic E-state index is 12.9. The second-order valence-electron chi connectivity index (χ2n) is 7.88. The van der Waals surface area contributed by atoms with Crippen LogP contribution in [0.2, 0.25) is 0 Å². The number of carbonyl (C=O) groups excluding carboxylic acids is 1. The maximum atomic E-state index is 12.9. The van der Waals surface area contributed by atoms with Crippen molar-refractivity contribution >= 4 is 27.6 Å². The SMILES string of the molecule is Cc1ccc(C(=O)NS(=O)(=O)c2cccnc2N)c(N2C[C@@H](C)CC2(C)C)n1. The molecule has 1 aliphatic rings. The number of rotatable bonds is 4. The van der Waals surface area contributed by atoms with Crippen LogP contribution in [0.5, 0.6) is 0 Å². The first kappa shape index (κ1) is 20.1. The van der Waals surface area contributed by atoms with Gasteiger partial charge in [-0.15, -0.1) is 0 Å². The maximum Gasteiger partial charge on any atom is 0.268 e. The Hall–Kier alpha value is -2.68. The molecular weight excluding hydrogens is 378 g/mol. The number of nitrogens with two attached hydrogens (primary N) is 1. The van der Waals surface area contributed by atoms with Crippen LogP contribution in [0.3, 0.4) is 0 Å². The van der Waals surface area contributed by atoms with Crippen LogP contribution < -0.4 is 15.4 Å². The zero-order chi connectivity index (χ0) is 20.7. The lowest BCUT2D eigenvalue weighted by Crippen LogP contribution is -2.41. The van der Waals surface area contributed by atoms with Gasteiger partial charge < -0.3 is 10.6 Å². The van der Waals surface area contributed by atoms with Crippen molar-refractivity contribution in [1.82, 2.24) is 14.7 Å². The van der Waals surface area contributed by atoms with E-state index in [9.17, 15) is 13.2 Å². The number of aryl methyl sites for hydroxylation is 1. The number of hydrogen-bond acceptors (Lipinski definition) is 7. The summed E-state index contributed by atoms with van der Waals surface area (Å²) in [4.78, 5) is 23.1. The van der Waals surface area contributed by atoms with Crippen molar-refractivity contribution in [2.45, 2.75) is 44.6 Å². The smallest absolute Gasteiger partial charge is 0.268 e. The van der Waals surface area contributed by atoms with E-state index in [2.05, 4.69) is 40.4 Å². The number of hydrogen-bond donors (Lipinski definition) is 2. The third kappa shape index (κ3) is 3.80. The number of amides is 1. The summed E-state index contributed by atoms with van der Waals surface area (Å²) in [6.07, 6.45) is 2.34. The van der Waals surface area contributed by atoms with Crippen LogP contribution in [0.4, 0.5) is 11.6 Å². The molecule has 1 atom stereocenters. The molecule has 9 heteroatoms. The zero-order valence-corrected chi connectivity index (χ0v) is 17.2. The predicted molar refractivity (Wildman–Crippen MR) is 107 cm³/mol. The van der Waals surface area contributed by atoms with Gasteiger partial charge in [0.1, 0.15) is 16.5 Å². The van der Waals surface area contributed by atoms with Gasteiger partial charge in [0.25, 0.3) is 15.9 Å². The first-order valence-electron chi connectivity index (χ1n) is 9.04. The van der Waals surface area contributed by atoms with E-state index < -0.39 is 15.9 Å². The van der Waals surface area contributed by atoms with E-state index in [1.54, 1.807) is 12.1 Å². The number of anilines is 2. The molecule has 2 aromatic rings. The van der Waals surface area contributed by atoms with Gasteiger partial charge in [-0.3, -0.25) is 4.79 Å². The quantitative estimate of drug-likeness (QED) is 0.802. The molecule has 0 unspecified atom stereocenters. The molecule has 0 bridgehead atoms. The molecule has 2 aromatic heterocycles. The number of sulfonamides is 1. The van der Waals surface area contributed by atoms with Crippen molar-refractivity contribution in [3.63, 3.8) is 0 Å². The normalized spacial score (nSPS) is 18.9. The Morgan fingerprint density at radius 2 is 2.04 bits per heavy atom. The van der Waals surface area contributed by atoms with Crippen molar-refractivity contribution in [2.75, 3.05) is 17.2 Å². The van der Waals surface area contributed by atoms with E-state index in [-0.39, 0.29) is 21.8 Å². The van der Waals surface area contributed by atoms with E-state index in [4.69, 9.17) is 5.73 Å². The van der Waals surface area contributed by atoms with E-state index in [1.165, 1.54) is 18.3 Å². The molecule has 8 nitrogen and oxygen atoms in total. The predicted octanol–water partition coefficient (Wildman–Crippen LogP) is 2.11. The monoisotopic (exact) mass is 403 g/mol. The Morgan fingerprint density at radius 3 is 2.64 bits per heavy atom. The van der Waals surface area contributed by atoms with E-state index in [0.29, 0.717) is 11.7 Å². The minimum atomic E-state index is -4.16. The van der Waals surface area contributed by atoms with Gasteiger partial charge in [-0.2, -0.15) is 0 Å². The first-order valence-corrected chi connectivity index (χ1v) is 10.5. The van der Waals surface area contributed by atoms with Crippen LogP contribution in [0.15, 0.2) is 35.4 Å². The Labute approximate surface area is 165 Å². The summed E-state index contributed by atoms with van der Waals surface area (Å²) >= 11 is 0. The third-order valence-corrected chi connectivity index (χ3v) is 6.28. The summed E-state index contributed by atoms with van der Waals surface area (Å²) in [6.45, 7) is 8.91. The second kappa shape index (κ2) is 7.05. The standard InChI is InChI=1S/C19H25N5O3S/c1-12-10-19(3,4)24(11-12)17-14(8-7-13(2)22-17)18(25)23-28(26,27)15-6-5-9-21-16(15)20/h5-9,12H,10-11H2,1-4H3,(H2,20,21)(H,23,25)/t12-/m0/s1. The van der Waals surface area contributed by atoms with Crippen molar-refractivity contribution in [2.24, 2.45) is 5.92 Å². The molecule has 1 amide bonds. The molecule has 1 fully saturated rings. The van der Waals surface area contributed by atoms with E-state index >= 15 is 0 Å². The van der Waals surface area contributed by atoms with Gasteiger partial charge in [0, 0.05) is 24.0 Å². The molecule has 28 heavy (non-hydrogen) atoms. The highest BCUT2D eigenvalue weighted by Crippen LogP contribution is 2.37. The number of nitrogens with one attached hydrogen (secondary N) is 1. The highest BCUT2D eigenvalue weighted by Gasteiger charge is 2.39. The van der Waals surface area contributed by atoms with Crippen molar-refractivity contribution < 1.29 is 13.2 Å². The Kier molecular flexibility index (Phi) is 5.05. The number of nitrogens with zero attached hydrogens (tertiary/aromatic N) is 3. The molecule has 3 heterocycles. The highest BCUT2D eigenvalue weighted by molar-refractivity contribution is 7.90. The molecule has 0 aromatic carbocycles. The van der Waals surface area contributed by atoms with Crippen molar-refractivity contribution in [3.8, 4) is 0 Å². The Morgan fingerprint density at radius 1 is 1.32 bits per heavy atom. The molecule has 1 saturated heterocycles. The molecule has 0 spiro atoms. The van der Waals surface area contributed by atoms with Crippen LogP contribution in [-0.2, 0) is 10.0 Å². The summed E-state index contributed by atoms with van der Waals surface area (Å²) in [5.41, 5.74) is 6.42. The van der Waals surface area contributed by atoms with Gasteiger partial charge in [0.05, 0.1) is 5.56 Å². The molecule has 0 radical (unpaired) electrons.